The third-order valence-corrected chi connectivity index (χ3v) is 3.64. The predicted octanol–water partition coefficient (Wildman–Crippen LogP) is 2.85. The van der Waals surface area contributed by atoms with Gasteiger partial charge in [-0.05, 0) is 30.0 Å². The highest BCUT2D eigenvalue weighted by Crippen LogP contribution is 2.29. The highest BCUT2D eigenvalue weighted by Gasteiger charge is 2.15. The smallest absolute Gasteiger partial charge is 0.310 e. The Morgan fingerprint density at radius 2 is 2.24 bits per heavy atom. The van der Waals surface area contributed by atoms with Gasteiger partial charge in [0.1, 0.15) is 6.61 Å². The van der Waals surface area contributed by atoms with Gasteiger partial charge >= 0.3 is 5.69 Å². The number of benzene rings is 1. The number of aryl methyl sites for hydroxylation is 1. The molecule has 21 heavy (non-hydrogen) atoms. The topological polar surface area (TPSA) is 78.4 Å². The van der Waals surface area contributed by atoms with Crippen LogP contribution in [0.25, 0.3) is 0 Å². The summed E-state index contributed by atoms with van der Waals surface area (Å²) in [4.78, 5) is 11.5. The van der Waals surface area contributed by atoms with E-state index in [1.54, 1.807) is 12.1 Å². The summed E-state index contributed by atoms with van der Waals surface area (Å²) in [5.41, 5.74) is 7.07. The number of nitro groups is 1. The van der Waals surface area contributed by atoms with Gasteiger partial charge in [-0.15, -0.1) is 11.3 Å². The van der Waals surface area contributed by atoms with E-state index in [4.69, 9.17) is 10.5 Å². The van der Waals surface area contributed by atoms with Crippen molar-refractivity contribution < 1.29 is 9.66 Å². The molecular formula is C15H14N2O3S. The van der Waals surface area contributed by atoms with Crippen LogP contribution >= 0.6 is 11.3 Å². The maximum Gasteiger partial charge on any atom is 0.310 e. The fourth-order valence-corrected chi connectivity index (χ4v) is 2.48. The van der Waals surface area contributed by atoms with Crippen molar-refractivity contribution in [2.45, 2.75) is 13.5 Å². The number of thiophene rings is 1. The predicted molar refractivity (Wildman–Crippen MR) is 82.4 cm³/mol. The Labute approximate surface area is 126 Å². The van der Waals surface area contributed by atoms with Crippen LogP contribution in [0.4, 0.5) is 5.69 Å². The van der Waals surface area contributed by atoms with Crippen LogP contribution in [0.5, 0.6) is 5.75 Å². The van der Waals surface area contributed by atoms with Crippen molar-refractivity contribution in [3.63, 3.8) is 0 Å². The van der Waals surface area contributed by atoms with E-state index in [9.17, 15) is 10.1 Å². The lowest BCUT2D eigenvalue weighted by atomic mass is 10.2. The van der Waals surface area contributed by atoms with Crippen LogP contribution in [0.1, 0.15) is 16.0 Å². The first-order valence-electron chi connectivity index (χ1n) is 6.25. The molecule has 1 aromatic heterocycles. The van der Waals surface area contributed by atoms with Crippen molar-refractivity contribution in [3.8, 4) is 17.6 Å². The van der Waals surface area contributed by atoms with E-state index in [1.807, 2.05) is 18.4 Å². The third kappa shape index (κ3) is 3.81. The monoisotopic (exact) mass is 302 g/mol. The van der Waals surface area contributed by atoms with Crippen molar-refractivity contribution >= 4 is 17.0 Å². The molecule has 0 saturated heterocycles. The molecule has 5 nitrogen and oxygen atoms in total. The average Bonchev–Trinajstić information content (AvgIpc) is 2.90. The first-order chi connectivity index (χ1) is 10.1. The van der Waals surface area contributed by atoms with E-state index < -0.39 is 4.92 Å². The first kappa shape index (κ1) is 15.0. The summed E-state index contributed by atoms with van der Waals surface area (Å²) in [7, 11) is 0. The average molecular weight is 302 g/mol. The SMILES string of the molecule is Cc1ccc([N+](=O)[O-])c(OCc2sccc2C#CCN)c1. The summed E-state index contributed by atoms with van der Waals surface area (Å²) < 4.78 is 5.61. The molecule has 108 valence electrons. The standard InChI is InChI=1S/C15H14N2O3S/c1-11-4-5-13(17(18)19)14(9-11)20-10-15-12(3-2-7-16)6-8-21-15/h4-6,8-9H,7,10,16H2,1H3. The highest BCUT2D eigenvalue weighted by molar-refractivity contribution is 7.10. The molecule has 0 unspecified atom stereocenters. The molecule has 2 N–H and O–H groups in total. The lowest BCUT2D eigenvalue weighted by Crippen LogP contribution is -1.99. The molecule has 0 aliphatic carbocycles. The molecule has 0 bridgehead atoms. The number of nitrogens with two attached hydrogens (primary N) is 1. The number of nitro benzene ring substituents is 1. The van der Waals surface area contributed by atoms with Gasteiger partial charge in [-0.2, -0.15) is 0 Å². The zero-order chi connectivity index (χ0) is 15.2. The second-order valence-electron chi connectivity index (χ2n) is 4.28. The number of ether oxygens (including phenoxy) is 1. The number of rotatable bonds is 4. The van der Waals surface area contributed by atoms with Gasteiger partial charge in [0.2, 0.25) is 0 Å². The normalized spacial score (nSPS) is 9.81. The van der Waals surface area contributed by atoms with Crippen LogP contribution in [0.2, 0.25) is 0 Å². The van der Waals surface area contributed by atoms with Gasteiger partial charge in [-0.1, -0.05) is 17.9 Å². The van der Waals surface area contributed by atoms with E-state index >= 15 is 0 Å². The molecule has 2 rings (SSSR count). The lowest BCUT2D eigenvalue weighted by molar-refractivity contribution is -0.385. The first-order valence-corrected chi connectivity index (χ1v) is 7.13. The summed E-state index contributed by atoms with van der Waals surface area (Å²) in [6.07, 6.45) is 0. The third-order valence-electron chi connectivity index (χ3n) is 2.74. The minimum Gasteiger partial charge on any atom is -0.481 e. The van der Waals surface area contributed by atoms with Crippen LogP contribution < -0.4 is 10.5 Å². The summed E-state index contributed by atoms with van der Waals surface area (Å²) in [6.45, 7) is 2.40. The van der Waals surface area contributed by atoms with Gasteiger partial charge in [0.25, 0.3) is 0 Å². The molecule has 1 aromatic carbocycles. The molecule has 0 radical (unpaired) electrons. The summed E-state index contributed by atoms with van der Waals surface area (Å²) in [5.74, 6) is 6.02. The number of hydrogen-bond acceptors (Lipinski definition) is 5. The quantitative estimate of drug-likeness (QED) is 0.535. The zero-order valence-corrected chi connectivity index (χ0v) is 12.3. The maximum atomic E-state index is 11.0. The summed E-state index contributed by atoms with van der Waals surface area (Å²) >= 11 is 1.50. The molecule has 2 aromatic rings. The maximum absolute atomic E-state index is 11.0. The fourth-order valence-electron chi connectivity index (χ4n) is 1.74. The number of nitrogens with zero attached hydrogens (tertiary/aromatic N) is 1. The van der Waals surface area contributed by atoms with Crippen LogP contribution in [-0.2, 0) is 6.61 Å². The molecule has 0 atom stereocenters. The van der Waals surface area contributed by atoms with Crippen LogP contribution in [-0.4, -0.2) is 11.5 Å². The Balaban J connectivity index is 2.19. The molecule has 0 aliphatic rings. The second-order valence-corrected chi connectivity index (χ2v) is 5.28. The van der Waals surface area contributed by atoms with Crippen molar-refractivity contribution in [2.24, 2.45) is 5.73 Å². The number of hydrogen-bond donors (Lipinski definition) is 1. The van der Waals surface area contributed by atoms with Gasteiger partial charge in [0.15, 0.2) is 5.75 Å². The van der Waals surface area contributed by atoms with Gasteiger partial charge < -0.3 is 10.5 Å². The van der Waals surface area contributed by atoms with Gasteiger partial charge in [-0.25, -0.2) is 0 Å². The minimum atomic E-state index is -0.446. The van der Waals surface area contributed by atoms with Crippen LogP contribution in [0, 0.1) is 28.9 Å². The lowest BCUT2D eigenvalue weighted by Gasteiger charge is -2.07. The zero-order valence-electron chi connectivity index (χ0n) is 11.5. The van der Waals surface area contributed by atoms with Crippen molar-refractivity contribution in [1.82, 2.24) is 0 Å². The van der Waals surface area contributed by atoms with Crippen LogP contribution in [0.3, 0.4) is 0 Å². The van der Waals surface area contributed by atoms with E-state index in [2.05, 4.69) is 11.8 Å². The largest absolute Gasteiger partial charge is 0.481 e. The molecule has 6 heteroatoms. The molecular weight excluding hydrogens is 288 g/mol. The highest BCUT2D eigenvalue weighted by atomic mass is 32.1. The van der Waals surface area contributed by atoms with Crippen molar-refractivity contribution in [3.05, 3.63) is 55.8 Å². The molecule has 0 amide bonds. The molecule has 1 heterocycles. The Bertz CT molecular complexity index is 713. The van der Waals surface area contributed by atoms with E-state index in [1.165, 1.54) is 17.4 Å². The van der Waals surface area contributed by atoms with Crippen molar-refractivity contribution in [1.29, 1.82) is 0 Å². The van der Waals surface area contributed by atoms with E-state index in [0.717, 1.165) is 16.0 Å². The summed E-state index contributed by atoms with van der Waals surface area (Å²) in [5, 5.41) is 12.9. The van der Waals surface area contributed by atoms with Crippen molar-refractivity contribution in [2.75, 3.05) is 6.54 Å². The van der Waals surface area contributed by atoms with E-state index in [0.29, 0.717) is 6.54 Å². The Hall–Kier alpha value is -2.36. The second kappa shape index (κ2) is 6.88. The van der Waals surface area contributed by atoms with E-state index in [-0.39, 0.29) is 18.0 Å². The fraction of sp³-hybridized carbons (Fsp3) is 0.200. The van der Waals surface area contributed by atoms with Gasteiger partial charge in [-0.3, -0.25) is 10.1 Å². The minimum absolute atomic E-state index is 0.0354. The van der Waals surface area contributed by atoms with Gasteiger partial charge in [0.05, 0.1) is 16.3 Å². The molecule has 0 fully saturated rings. The Morgan fingerprint density at radius 3 is 2.95 bits per heavy atom. The van der Waals surface area contributed by atoms with Crippen LogP contribution in [0.15, 0.2) is 29.6 Å². The molecule has 0 saturated carbocycles. The Kier molecular flexibility index (Phi) is 4.93. The Morgan fingerprint density at radius 1 is 1.43 bits per heavy atom. The molecule has 0 aliphatic heterocycles. The molecule has 0 spiro atoms. The van der Waals surface area contributed by atoms with Gasteiger partial charge in [0, 0.05) is 11.6 Å². The summed E-state index contributed by atoms with van der Waals surface area (Å²) in [6, 6.07) is 6.69.